The lowest BCUT2D eigenvalue weighted by molar-refractivity contribution is -0.0885. The Balaban J connectivity index is 2.61. The van der Waals surface area contributed by atoms with E-state index in [1.807, 2.05) is 6.92 Å². The Hall–Kier alpha value is -1.37. The van der Waals surface area contributed by atoms with Gasteiger partial charge < -0.3 is 4.74 Å². The monoisotopic (exact) mass is 236 g/mol. The van der Waals surface area contributed by atoms with Gasteiger partial charge in [-0.2, -0.15) is 18.3 Å². The Labute approximate surface area is 90.0 Å². The summed E-state index contributed by atoms with van der Waals surface area (Å²) in [5.41, 5.74) is -0.455. The third-order valence-electron chi connectivity index (χ3n) is 1.82. The fourth-order valence-electron chi connectivity index (χ4n) is 1.07. The molecule has 1 heterocycles. The molecule has 0 aliphatic carbocycles. The van der Waals surface area contributed by atoms with Crippen LogP contribution < -0.4 is 0 Å². The van der Waals surface area contributed by atoms with Crippen molar-refractivity contribution in [3.8, 4) is 0 Å². The van der Waals surface area contributed by atoms with E-state index < -0.39 is 17.5 Å². The minimum Gasteiger partial charge on any atom is -0.380 e. The smallest absolute Gasteiger partial charge is 0.380 e. The molecule has 0 fully saturated rings. The minimum absolute atomic E-state index is 0.318. The molecule has 1 aromatic heterocycles. The van der Waals surface area contributed by atoms with E-state index in [9.17, 15) is 18.0 Å². The highest BCUT2D eigenvalue weighted by atomic mass is 19.4. The number of ketones is 1. The molecule has 1 aromatic rings. The standard InChI is InChI=1S/C9H11F3N2O2/c1-2-16-4-3-14-6-7(5-13-14)8(15)9(10,11)12/h5-6H,2-4H2,1H3. The van der Waals surface area contributed by atoms with Gasteiger partial charge in [0.05, 0.1) is 24.9 Å². The van der Waals surface area contributed by atoms with E-state index in [4.69, 9.17) is 4.74 Å². The van der Waals surface area contributed by atoms with Crippen LogP contribution >= 0.6 is 0 Å². The van der Waals surface area contributed by atoms with E-state index >= 15 is 0 Å². The Kier molecular flexibility index (Phi) is 4.05. The first kappa shape index (κ1) is 12.7. The molecule has 0 aliphatic heterocycles. The topological polar surface area (TPSA) is 44.1 Å². The zero-order chi connectivity index (χ0) is 12.2. The lowest BCUT2D eigenvalue weighted by atomic mass is 10.2. The summed E-state index contributed by atoms with van der Waals surface area (Å²) in [5, 5.41) is 3.64. The summed E-state index contributed by atoms with van der Waals surface area (Å²) in [4.78, 5) is 10.8. The van der Waals surface area contributed by atoms with Crippen molar-refractivity contribution in [3.05, 3.63) is 18.0 Å². The number of nitrogens with zero attached hydrogens (tertiary/aromatic N) is 2. The maximum absolute atomic E-state index is 12.0. The van der Waals surface area contributed by atoms with Crippen LogP contribution in [0.1, 0.15) is 17.3 Å². The van der Waals surface area contributed by atoms with Crippen molar-refractivity contribution >= 4 is 5.78 Å². The van der Waals surface area contributed by atoms with Crippen LogP contribution in [-0.4, -0.2) is 35.0 Å². The molecule has 0 radical (unpaired) electrons. The van der Waals surface area contributed by atoms with Crippen molar-refractivity contribution in [1.82, 2.24) is 9.78 Å². The molecule has 0 N–H and O–H groups in total. The molecule has 0 unspecified atom stereocenters. The number of Topliss-reactive ketones (excluding diaryl/α,β-unsaturated/α-hetero) is 1. The fraction of sp³-hybridized carbons (Fsp3) is 0.556. The van der Waals surface area contributed by atoms with Gasteiger partial charge in [0, 0.05) is 12.8 Å². The first-order chi connectivity index (χ1) is 7.45. The van der Waals surface area contributed by atoms with Gasteiger partial charge in [-0.05, 0) is 6.92 Å². The molecule has 0 saturated heterocycles. The third-order valence-corrected chi connectivity index (χ3v) is 1.82. The van der Waals surface area contributed by atoms with Gasteiger partial charge in [0.1, 0.15) is 0 Å². The second-order valence-electron chi connectivity index (χ2n) is 3.02. The maximum Gasteiger partial charge on any atom is 0.454 e. The van der Waals surface area contributed by atoms with Crippen molar-refractivity contribution in [2.75, 3.05) is 13.2 Å². The molecule has 16 heavy (non-hydrogen) atoms. The van der Waals surface area contributed by atoms with Crippen LogP contribution in [0, 0.1) is 0 Å². The molecule has 90 valence electrons. The van der Waals surface area contributed by atoms with Gasteiger partial charge in [-0.25, -0.2) is 0 Å². The average Bonchev–Trinajstić information content (AvgIpc) is 2.64. The van der Waals surface area contributed by atoms with Crippen LogP contribution in [0.5, 0.6) is 0 Å². The van der Waals surface area contributed by atoms with Gasteiger partial charge in [-0.15, -0.1) is 0 Å². The van der Waals surface area contributed by atoms with Crippen molar-refractivity contribution in [3.63, 3.8) is 0 Å². The molecule has 0 aromatic carbocycles. The number of hydrogen-bond donors (Lipinski definition) is 0. The fourth-order valence-corrected chi connectivity index (χ4v) is 1.07. The van der Waals surface area contributed by atoms with Gasteiger partial charge in [0.15, 0.2) is 0 Å². The van der Waals surface area contributed by atoms with E-state index in [1.165, 1.54) is 4.68 Å². The SMILES string of the molecule is CCOCCn1cc(C(=O)C(F)(F)F)cn1. The second-order valence-corrected chi connectivity index (χ2v) is 3.02. The molecule has 0 aliphatic rings. The molecule has 0 amide bonds. The molecular formula is C9H11F3N2O2. The van der Waals surface area contributed by atoms with Gasteiger partial charge >= 0.3 is 6.18 Å². The Morgan fingerprint density at radius 3 is 2.81 bits per heavy atom. The molecule has 0 atom stereocenters. The van der Waals surface area contributed by atoms with E-state index in [-0.39, 0.29) is 0 Å². The zero-order valence-corrected chi connectivity index (χ0v) is 8.62. The Bertz CT molecular complexity index is 360. The van der Waals surface area contributed by atoms with E-state index in [0.717, 1.165) is 12.4 Å². The average molecular weight is 236 g/mol. The molecular weight excluding hydrogens is 225 g/mol. The molecule has 4 nitrogen and oxygen atoms in total. The van der Waals surface area contributed by atoms with Gasteiger partial charge in [-0.3, -0.25) is 9.48 Å². The first-order valence-corrected chi connectivity index (χ1v) is 4.67. The van der Waals surface area contributed by atoms with Crippen LogP contribution in [0.4, 0.5) is 13.2 Å². The van der Waals surface area contributed by atoms with Crippen LogP contribution in [0.3, 0.4) is 0 Å². The first-order valence-electron chi connectivity index (χ1n) is 4.67. The minimum atomic E-state index is -4.85. The summed E-state index contributed by atoms with van der Waals surface area (Å²) in [6.07, 6.45) is -2.88. The third kappa shape index (κ3) is 3.34. The van der Waals surface area contributed by atoms with Crippen molar-refractivity contribution in [2.24, 2.45) is 0 Å². The molecule has 1 rings (SSSR count). The summed E-state index contributed by atoms with van der Waals surface area (Å²) < 4.78 is 42.4. The lowest BCUT2D eigenvalue weighted by Crippen LogP contribution is -2.22. The Morgan fingerprint density at radius 1 is 1.56 bits per heavy atom. The van der Waals surface area contributed by atoms with Crippen LogP contribution in [0.15, 0.2) is 12.4 Å². The molecule has 7 heteroatoms. The van der Waals surface area contributed by atoms with Crippen molar-refractivity contribution in [1.29, 1.82) is 0 Å². The summed E-state index contributed by atoms with van der Waals surface area (Å²) in [7, 11) is 0. The lowest BCUT2D eigenvalue weighted by Gasteiger charge is -2.02. The predicted molar refractivity (Wildman–Crippen MR) is 49.1 cm³/mol. The molecule has 0 bridgehead atoms. The van der Waals surface area contributed by atoms with E-state index in [0.29, 0.717) is 19.8 Å². The summed E-state index contributed by atoms with van der Waals surface area (Å²) in [6.45, 7) is 2.99. The largest absolute Gasteiger partial charge is 0.454 e. The summed E-state index contributed by atoms with van der Waals surface area (Å²) >= 11 is 0. The van der Waals surface area contributed by atoms with E-state index in [1.54, 1.807) is 0 Å². The quantitative estimate of drug-likeness (QED) is 0.577. The van der Waals surface area contributed by atoms with Crippen LogP contribution in [-0.2, 0) is 11.3 Å². The predicted octanol–water partition coefficient (Wildman–Crippen LogP) is 1.66. The molecule has 0 saturated carbocycles. The van der Waals surface area contributed by atoms with Gasteiger partial charge in [-0.1, -0.05) is 0 Å². The number of carbonyl (C=O) groups is 1. The Morgan fingerprint density at radius 2 is 2.25 bits per heavy atom. The summed E-state index contributed by atoms with van der Waals surface area (Å²) in [6, 6.07) is 0. The number of halogens is 3. The van der Waals surface area contributed by atoms with Gasteiger partial charge in [0.2, 0.25) is 0 Å². The number of carbonyl (C=O) groups excluding carboxylic acids is 1. The van der Waals surface area contributed by atoms with Crippen molar-refractivity contribution in [2.45, 2.75) is 19.6 Å². The number of hydrogen-bond acceptors (Lipinski definition) is 3. The number of aromatic nitrogens is 2. The highest BCUT2D eigenvalue weighted by molar-refractivity contribution is 5.99. The van der Waals surface area contributed by atoms with Crippen LogP contribution in [0.2, 0.25) is 0 Å². The van der Waals surface area contributed by atoms with E-state index in [2.05, 4.69) is 5.10 Å². The highest BCUT2D eigenvalue weighted by Crippen LogP contribution is 2.20. The zero-order valence-electron chi connectivity index (χ0n) is 8.62. The highest BCUT2D eigenvalue weighted by Gasteiger charge is 2.39. The number of ether oxygens (including phenoxy) is 1. The number of alkyl halides is 3. The van der Waals surface area contributed by atoms with Crippen molar-refractivity contribution < 1.29 is 22.7 Å². The second kappa shape index (κ2) is 5.11. The summed E-state index contributed by atoms with van der Waals surface area (Å²) in [5.74, 6) is -1.88. The van der Waals surface area contributed by atoms with Crippen LogP contribution in [0.25, 0.3) is 0 Å². The number of rotatable bonds is 5. The van der Waals surface area contributed by atoms with Gasteiger partial charge in [0.25, 0.3) is 5.78 Å². The maximum atomic E-state index is 12.0. The normalized spacial score (nSPS) is 11.8. The molecule has 0 spiro atoms.